The zero-order chi connectivity index (χ0) is 13.7. The van der Waals surface area contributed by atoms with Crippen LogP contribution in [-0.4, -0.2) is 12.2 Å². The van der Waals surface area contributed by atoms with Crippen molar-refractivity contribution in [3.8, 4) is 11.5 Å². The number of aromatic hydroxyl groups is 1. The van der Waals surface area contributed by atoms with Gasteiger partial charge in [-0.25, -0.2) is 0 Å². The number of hydrogen-bond acceptors (Lipinski definition) is 3. The average molecular weight is 257 g/mol. The van der Waals surface area contributed by atoms with Crippen molar-refractivity contribution in [3.63, 3.8) is 0 Å². The summed E-state index contributed by atoms with van der Waals surface area (Å²) in [6.45, 7) is 2.83. The number of rotatable bonds is 5. The lowest BCUT2D eigenvalue weighted by atomic mass is 10.1. The van der Waals surface area contributed by atoms with Gasteiger partial charge < -0.3 is 15.2 Å². The van der Waals surface area contributed by atoms with Gasteiger partial charge in [-0.1, -0.05) is 36.4 Å². The normalized spacial score (nSPS) is 12.1. The van der Waals surface area contributed by atoms with Crippen LogP contribution in [0.25, 0.3) is 0 Å². The fourth-order valence-electron chi connectivity index (χ4n) is 1.98. The molecule has 100 valence electrons. The molecule has 3 heteroatoms. The zero-order valence-corrected chi connectivity index (χ0v) is 11.3. The number of phenolic OH excluding ortho intramolecular Hbond substituents is 1. The maximum absolute atomic E-state index is 9.72. The van der Waals surface area contributed by atoms with E-state index in [2.05, 4.69) is 24.4 Å². The van der Waals surface area contributed by atoms with Crippen LogP contribution in [0.3, 0.4) is 0 Å². The van der Waals surface area contributed by atoms with E-state index in [4.69, 9.17) is 4.74 Å². The molecule has 0 saturated heterocycles. The molecule has 3 nitrogen and oxygen atoms in total. The summed E-state index contributed by atoms with van der Waals surface area (Å²) in [6.07, 6.45) is 0. The van der Waals surface area contributed by atoms with E-state index >= 15 is 0 Å². The minimum absolute atomic E-state index is 0.175. The maximum atomic E-state index is 9.72. The van der Waals surface area contributed by atoms with E-state index in [0.29, 0.717) is 12.3 Å². The molecule has 0 spiro atoms. The van der Waals surface area contributed by atoms with Gasteiger partial charge in [0.1, 0.15) is 0 Å². The monoisotopic (exact) mass is 257 g/mol. The van der Waals surface area contributed by atoms with Gasteiger partial charge in [0.25, 0.3) is 0 Å². The molecule has 1 unspecified atom stereocenters. The summed E-state index contributed by atoms with van der Waals surface area (Å²) >= 11 is 0. The highest BCUT2D eigenvalue weighted by atomic mass is 16.5. The molecule has 0 aliphatic carbocycles. The van der Waals surface area contributed by atoms with Gasteiger partial charge in [-0.3, -0.25) is 0 Å². The number of phenols is 1. The molecule has 2 aromatic carbocycles. The highest BCUT2D eigenvalue weighted by molar-refractivity contribution is 5.41. The lowest BCUT2D eigenvalue weighted by molar-refractivity contribution is 0.373. The summed E-state index contributed by atoms with van der Waals surface area (Å²) in [5.41, 5.74) is 2.28. The summed E-state index contributed by atoms with van der Waals surface area (Å²) in [6, 6.07) is 16.0. The SMILES string of the molecule is COc1ccc(CNC(C)c2ccccc2)cc1O. The smallest absolute Gasteiger partial charge is 0.160 e. The summed E-state index contributed by atoms with van der Waals surface area (Å²) < 4.78 is 5.02. The van der Waals surface area contributed by atoms with E-state index in [-0.39, 0.29) is 11.8 Å². The first kappa shape index (κ1) is 13.4. The van der Waals surface area contributed by atoms with Crippen molar-refractivity contribution in [2.45, 2.75) is 19.5 Å². The number of ether oxygens (including phenoxy) is 1. The number of benzene rings is 2. The van der Waals surface area contributed by atoms with Gasteiger partial charge in [0, 0.05) is 12.6 Å². The van der Waals surface area contributed by atoms with Crippen LogP contribution in [-0.2, 0) is 6.54 Å². The standard InChI is InChI=1S/C16H19NO2/c1-12(14-6-4-3-5-7-14)17-11-13-8-9-16(19-2)15(18)10-13/h3-10,12,17-18H,11H2,1-2H3. The van der Waals surface area contributed by atoms with Gasteiger partial charge in [-0.05, 0) is 30.2 Å². The molecule has 0 bridgehead atoms. The molecule has 2 N–H and O–H groups in total. The van der Waals surface area contributed by atoms with Gasteiger partial charge in [0.05, 0.1) is 7.11 Å². The Kier molecular flexibility index (Phi) is 4.42. The van der Waals surface area contributed by atoms with Gasteiger partial charge in [-0.2, -0.15) is 0 Å². The second kappa shape index (κ2) is 6.25. The molecule has 0 heterocycles. The van der Waals surface area contributed by atoms with Gasteiger partial charge in [0.15, 0.2) is 11.5 Å². The molecule has 0 aliphatic heterocycles. The van der Waals surface area contributed by atoms with Gasteiger partial charge >= 0.3 is 0 Å². The fourth-order valence-corrected chi connectivity index (χ4v) is 1.98. The van der Waals surface area contributed by atoms with Crippen LogP contribution in [0.2, 0.25) is 0 Å². The molecule has 19 heavy (non-hydrogen) atoms. The number of methoxy groups -OCH3 is 1. The highest BCUT2D eigenvalue weighted by Crippen LogP contribution is 2.26. The van der Waals surface area contributed by atoms with Gasteiger partial charge in [0.2, 0.25) is 0 Å². The van der Waals surface area contributed by atoms with Crippen molar-refractivity contribution in [1.82, 2.24) is 5.32 Å². The van der Waals surface area contributed by atoms with Crippen molar-refractivity contribution in [2.75, 3.05) is 7.11 Å². The lowest BCUT2D eigenvalue weighted by Crippen LogP contribution is -2.17. The summed E-state index contributed by atoms with van der Waals surface area (Å²) in [4.78, 5) is 0. The lowest BCUT2D eigenvalue weighted by Gasteiger charge is -2.14. The van der Waals surface area contributed by atoms with Crippen molar-refractivity contribution in [2.24, 2.45) is 0 Å². The van der Waals surface area contributed by atoms with E-state index in [0.717, 1.165) is 5.56 Å². The quantitative estimate of drug-likeness (QED) is 0.864. The molecule has 2 aromatic rings. The van der Waals surface area contributed by atoms with Crippen LogP contribution >= 0.6 is 0 Å². The Morgan fingerprint density at radius 2 is 1.89 bits per heavy atom. The van der Waals surface area contributed by atoms with E-state index in [1.165, 1.54) is 5.56 Å². The number of nitrogens with one attached hydrogen (secondary N) is 1. The molecule has 0 amide bonds. The molecular formula is C16H19NO2. The van der Waals surface area contributed by atoms with Crippen LogP contribution in [0.4, 0.5) is 0 Å². The van der Waals surface area contributed by atoms with Crippen molar-refractivity contribution < 1.29 is 9.84 Å². The van der Waals surface area contributed by atoms with Crippen molar-refractivity contribution in [3.05, 3.63) is 59.7 Å². The van der Waals surface area contributed by atoms with Crippen molar-refractivity contribution in [1.29, 1.82) is 0 Å². The van der Waals surface area contributed by atoms with E-state index in [9.17, 15) is 5.11 Å². The third kappa shape index (κ3) is 3.48. The second-order valence-corrected chi connectivity index (χ2v) is 4.52. The fraction of sp³-hybridized carbons (Fsp3) is 0.250. The minimum atomic E-state index is 0.175. The Labute approximate surface area is 113 Å². The Morgan fingerprint density at radius 1 is 1.16 bits per heavy atom. The Morgan fingerprint density at radius 3 is 2.53 bits per heavy atom. The largest absolute Gasteiger partial charge is 0.504 e. The summed E-state index contributed by atoms with van der Waals surface area (Å²) in [5.74, 6) is 0.675. The summed E-state index contributed by atoms with van der Waals surface area (Å²) in [5, 5.41) is 13.1. The predicted molar refractivity (Wildman–Crippen MR) is 76.4 cm³/mol. The van der Waals surface area contributed by atoms with Crippen LogP contribution in [0.1, 0.15) is 24.1 Å². The van der Waals surface area contributed by atoms with Crippen LogP contribution in [0.5, 0.6) is 11.5 Å². The third-order valence-electron chi connectivity index (χ3n) is 3.16. The van der Waals surface area contributed by atoms with E-state index in [1.807, 2.05) is 24.3 Å². The molecule has 1 atom stereocenters. The van der Waals surface area contributed by atoms with Crippen molar-refractivity contribution >= 4 is 0 Å². The average Bonchev–Trinajstić information content (AvgIpc) is 2.46. The minimum Gasteiger partial charge on any atom is -0.504 e. The van der Waals surface area contributed by atoms with Gasteiger partial charge in [-0.15, -0.1) is 0 Å². The first-order valence-corrected chi connectivity index (χ1v) is 6.35. The molecule has 0 aromatic heterocycles. The molecule has 0 radical (unpaired) electrons. The third-order valence-corrected chi connectivity index (χ3v) is 3.16. The molecular weight excluding hydrogens is 238 g/mol. The van der Waals surface area contributed by atoms with E-state index < -0.39 is 0 Å². The molecule has 0 aliphatic rings. The molecule has 0 saturated carbocycles. The first-order valence-electron chi connectivity index (χ1n) is 6.35. The van der Waals surface area contributed by atoms with E-state index in [1.54, 1.807) is 19.2 Å². The summed E-state index contributed by atoms with van der Waals surface area (Å²) in [7, 11) is 1.55. The predicted octanol–water partition coefficient (Wildman–Crippen LogP) is 3.25. The highest BCUT2D eigenvalue weighted by Gasteiger charge is 2.06. The van der Waals surface area contributed by atoms with Crippen LogP contribution in [0, 0.1) is 0 Å². The topological polar surface area (TPSA) is 41.5 Å². The van der Waals surface area contributed by atoms with Crippen LogP contribution in [0.15, 0.2) is 48.5 Å². The Balaban J connectivity index is 1.97. The zero-order valence-electron chi connectivity index (χ0n) is 11.3. The number of hydrogen-bond donors (Lipinski definition) is 2. The first-order chi connectivity index (χ1) is 9.20. The maximum Gasteiger partial charge on any atom is 0.160 e. The Bertz CT molecular complexity index is 526. The molecule has 0 fully saturated rings. The van der Waals surface area contributed by atoms with Crippen LogP contribution < -0.4 is 10.1 Å². The Hall–Kier alpha value is -2.00. The molecule has 2 rings (SSSR count). The second-order valence-electron chi connectivity index (χ2n) is 4.52.